The number of carbonyl (C=O) groups excluding carboxylic acids is 2. The van der Waals surface area contributed by atoms with Crippen LogP contribution >= 0.6 is 0 Å². The molecular weight excluding hydrogens is 344 g/mol. The number of imidazole rings is 1. The van der Waals surface area contributed by atoms with E-state index in [1.165, 1.54) is 0 Å². The zero-order valence-electron chi connectivity index (χ0n) is 16.8. The minimum Gasteiger partial charge on any atom is -0.348 e. The van der Waals surface area contributed by atoms with Crippen molar-refractivity contribution in [2.75, 3.05) is 59.9 Å². The van der Waals surface area contributed by atoms with Crippen molar-refractivity contribution in [1.82, 2.24) is 29.6 Å². The van der Waals surface area contributed by atoms with Crippen LogP contribution < -0.4 is 5.32 Å². The van der Waals surface area contributed by atoms with Crippen molar-refractivity contribution in [3.63, 3.8) is 0 Å². The maximum Gasteiger partial charge on any atom is 0.287 e. The highest BCUT2D eigenvalue weighted by Gasteiger charge is 2.31. The molecule has 1 aromatic rings. The van der Waals surface area contributed by atoms with Gasteiger partial charge in [0, 0.05) is 45.8 Å². The zero-order valence-corrected chi connectivity index (χ0v) is 16.8. The molecule has 1 saturated heterocycles. The SMILES string of the molecule is CCN1CCN(C(=O)c2nc(C(=O)NCCN(C)C)n3c2CCCC3)CC1. The number of amides is 2. The maximum absolute atomic E-state index is 13.1. The second-order valence-corrected chi connectivity index (χ2v) is 7.63. The Bertz CT molecular complexity index is 676. The average molecular weight is 377 g/mol. The van der Waals surface area contributed by atoms with Crippen molar-refractivity contribution in [1.29, 1.82) is 0 Å². The molecule has 0 spiro atoms. The smallest absolute Gasteiger partial charge is 0.287 e. The Morgan fingerprint density at radius 3 is 2.52 bits per heavy atom. The number of nitrogens with zero attached hydrogens (tertiary/aromatic N) is 5. The Labute approximate surface area is 161 Å². The van der Waals surface area contributed by atoms with E-state index in [1.54, 1.807) is 0 Å². The molecule has 0 radical (unpaired) electrons. The monoisotopic (exact) mass is 376 g/mol. The number of likely N-dealkylation sites (N-methyl/N-ethyl adjacent to an activating group) is 2. The van der Waals surface area contributed by atoms with Crippen molar-refractivity contribution in [3.05, 3.63) is 17.2 Å². The summed E-state index contributed by atoms with van der Waals surface area (Å²) < 4.78 is 1.96. The molecule has 0 atom stereocenters. The van der Waals surface area contributed by atoms with Gasteiger partial charge in [-0.15, -0.1) is 0 Å². The van der Waals surface area contributed by atoms with Crippen LogP contribution in [0, 0.1) is 0 Å². The number of hydrogen-bond donors (Lipinski definition) is 1. The lowest BCUT2D eigenvalue weighted by Gasteiger charge is -2.33. The molecule has 2 aliphatic heterocycles. The van der Waals surface area contributed by atoms with Crippen molar-refractivity contribution in [3.8, 4) is 0 Å². The third-order valence-corrected chi connectivity index (χ3v) is 5.47. The molecule has 1 fully saturated rings. The summed E-state index contributed by atoms with van der Waals surface area (Å²) in [5.74, 6) is 0.178. The van der Waals surface area contributed by atoms with Gasteiger partial charge in [-0.05, 0) is 39.9 Å². The van der Waals surface area contributed by atoms with Gasteiger partial charge in [-0.2, -0.15) is 0 Å². The van der Waals surface area contributed by atoms with Gasteiger partial charge in [0.25, 0.3) is 11.8 Å². The molecule has 3 heterocycles. The first kappa shape index (κ1) is 19.8. The van der Waals surface area contributed by atoms with Crippen LogP contribution in [0.25, 0.3) is 0 Å². The lowest BCUT2D eigenvalue weighted by atomic mass is 10.1. The number of hydrogen-bond acceptors (Lipinski definition) is 5. The van der Waals surface area contributed by atoms with Gasteiger partial charge in [-0.25, -0.2) is 4.98 Å². The molecule has 1 aromatic heterocycles. The summed E-state index contributed by atoms with van der Waals surface area (Å²) in [6.07, 6.45) is 2.87. The molecule has 150 valence electrons. The molecule has 1 N–H and O–H groups in total. The van der Waals surface area contributed by atoms with Crippen LogP contribution in [0.15, 0.2) is 0 Å². The number of nitrogens with one attached hydrogen (secondary N) is 1. The van der Waals surface area contributed by atoms with Gasteiger partial charge in [0.1, 0.15) is 5.69 Å². The van der Waals surface area contributed by atoms with E-state index < -0.39 is 0 Å². The second kappa shape index (κ2) is 8.84. The first-order chi connectivity index (χ1) is 13.0. The van der Waals surface area contributed by atoms with E-state index >= 15 is 0 Å². The van der Waals surface area contributed by atoms with Crippen LogP contribution in [0.4, 0.5) is 0 Å². The zero-order chi connectivity index (χ0) is 19.4. The van der Waals surface area contributed by atoms with E-state index in [0.29, 0.717) is 18.1 Å². The summed E-state index contributed by atoms with van der Waals surface area (Å²) in [5.41, 5.74) is 1.42. The van der Waals surface area contributed by atoms with Crippen LogP contribution in [0.3, 0.4) is 0 Å². The van der Waals surface area contributed by atoms with E-state index in [1.807, 2.05) is 28.5 Å². The van der Waals surface area contributed by atoms with E-state index in [0.717, 1.165) is 70.8 Å². The van der Waals surface area contributed by atoms with Gasteiger partial charge in [0.15, 0.2) is 5.82 Å². The summed E-state index contributed by atoms with van der Waals surface area (Å²) in [5, 5.41) is 2.93. The molecule has 27 heavy (non-hydrogen) atoms. The molecule has 0 saturated carbocycles. The molecule has 0 unspecified atom stereocenters. The Hall–Kier alpha value is -1.93. The van der Waals surface area contributed by atoms with Crippen molar-refractivity contribution < 1.29 is 9.59 Å². The second-order valence-electron chi connectivity index (χ2n) is 7.63. The Kier molecular flexibility index (Phi) is 6.49. The molecule has 2 aliphatic rings. The van der Waals surface area contributed by atoms with Gasteiger partial charge >= 0.3 is 0 Å². The Morgan fingerprint density at radius 2 is 1.85 bits per heavy atom. The van der Waals surface area contributed by atoms with Crippen LogP contribution in [-0.4, -0.2) is 96.0 Å². The minimum atomic E-state index is -0.185. The molecule has 2 amide bonds. The third kappa shape index (κ3) is 4.50. The van der Waals surface area contributed by atoms with Crippen LogP contribution in [0.5, 0.6) is 0 Å². The average Bonchev–Trinajstić information content (AvgIpc) is 3.07. The lowest BCUT2D eigenvalue weighted by Crippen LogP contribution is -2.48. The van der Waals surface area contributed by atoms with Crippen LogP contribution in [0.2, 0.25) is 0 Å². The first-order valence-corrected chi connectivity index (χ1v) is 10.0. The summed E-state index contributed by atoms with van der Waals surface area (Å²) in [6.45, 7) is 8.50. The van der Waals surface area contributed by atoms with Crippen LogP contribution in [0.1, 0.15) is 46.6 Å². The fraction of sp³-hybridized carbons (Fsp3) is 0.737. The molecule has 0 aromatic carbocycles. The summed E-state index contributed by atoms with van der Waals surface area (Å²) in [4.78, 5) is 36.5. The van der Waals surface area contributed by atoms with Gasteiger partial charge in [-0.3, -0.25) is 9.59 Å². The van der Waals surface area contributed by atoms with Crippen molar-refractivity contribution in [2.24, 2.45) is 0 Å². The lowest BCUT2D eigenvalue weighted by molar-refractivity contribution is 0.0636. The molecular formula is C19H32N6O2. The number of rotatable bonds is 6. The minimum absolute atomic E-state index is 0.0243. The number of carbonyl (C=O) groups is 2. The third-order valence-electron chi connectivity index (χ3n) is 5.47. The van der Waals surface area contributed by atoms with Gasteiger partial charge < -0.3 is 24.6 Å². The number of fused-ring (bicyclic) bond motifs is 1. The molecule has 0 bridgehead atoms. The summed E-state index contributed by atoms with van der Waals surface area (Å²) >= 11 is 0. The maximum atomic E-state index is 13.1. The number of piperazine rings is 1. The van der Waals surface area contributed by atoms with Crippen molar-refractivity contribution >= 4 is 11.8 Å². The fourth-order valence-electron chi connectivity index (χ4n) is 3.78. The number of aromatic nitrogens is 2. The van der Waals surface area contributed by atoms with E-state index in [4.69, 9.17) is 0 Å². The predicted molar refractivity (Wildman–Crippen MR) is 104 cm³/mol. The van der Waals surface area contributed by atoms with Crippen molar-refractivity contribution in [2.45, 2.75) is 32.7 Å². The standard InChI is InChI=1S/C19H32N6O2/c1-4-23-11-13-24(14-12-23)19(27)16-15-7-5-6-9-25(15)17(21-16)18(26)20-8-10-22(2)3/h4-14H2,1-3H3,(H,20,26). The Balaban J connectivity index is 1.76. The fourth-order valence-corrected chi connectivity index (χ4v) is 3.78. The molecule has 8 heteroatoms. The summed E-state index contributed by atoms with van der Waals surface area (Å²) in [6, 6.07) is 0. The largest absolute Gasteiger partial charge is 0.348 e. The molecule has 0 aliphatic carbocycles. The van der Waals surface area contributed by atoms with Gasteiger partial charge in [-0.1, -0.05) is 6.92 Å². The summed E-state index contributed by atoms with van der Waals surface area (Å²) in [7, 11) is 3.94. The normalized spacial score (nSPS) is 17.9. The van der Waals surface area contributed by atoms with Crippen LogP contribution in [-0.2, 0) is 13.0 Å². The highest BCUT2D eigenvalue weighted by molar-refractivity contribution is 5.97. The topological polar surface area (TPSA) is 73.7 Å². The highest BCUT2D eigenvalue weighted by Crippen LogP contribution is 2.22. The molecule has 3 rings (SSSR count). The first-order valence-electron chi connectivity index (χ1n) is 10.0. The quantitative estimate of drug-likeness (QED) is 0.772. The van der Waals surface area contributed by atoms with E-state index in [2.05, 4.69) is 22.1 Å². The van der Waals surface area contributed by atoms with E-state index in [-0.39, 0.29) is 11.8 Å². The Morgan fingerprint density at radius 1 is 1.11 bits per heavy atom. The van der Waals surface area contributed by atoms with Gasteiger partial charge in [0.05, 0.1) is 5.69 Å². The predicted octanol–water partition coefficient (Wildman–Crippen LogP) is 0.289. The van der Waals surface area contributed by atoms with E-state index in [9.17, 15) is 9.59 Å². The molecule has 8 nitrogen and oxygen atoms in total. The highest BCUT2D eigenvalue weighted by atomic mass is 16.2. The van der Waals surface area contributed by atoms with Gasteiger partial charge in [0.2, 0.25) is 0 Å².